The van der Waals surface area contributed by atoms with Gasteiger partial charge >= 0.3 is 6.18 Å². The molecule has 1 aromatic carbocycles. The van der Waals surface area contributed by atoms with Crippen LogP contribution in [-0.4, -0.2) is 10.8 Å². The molecule has 0 spiro atoms. The van der Waals surface area contributed by atoms with Gasteiger partial charge in [-0.3, -0.25) is 14.9 Å². The third-order valence-corrected chi connectivity index (χ3v) is 1.96. The molecule has 0 bridgehead atoms. The van der Waals surface area contributed by atoms with Crippen molar-refractivity contribution in [2.24, 2.45) is 0 Å². The van der Waals surface area contributed by atoms with E-state index in [1.807, 2.05) is 5.32 Å². The van der Waals surface area contributed by atoms with Gasteiger partial charge in [0.25, 0.3) is 5.69 Å². The van der Waals surface area contributed by atoms with Crippen LogP contribution in [0.1, 0.15) is 5.56 Å². The van der Waals surface area contributed by atoms with Crippen molar-refractivity contribution in [3.8, 4) is 0 Å². The molecule has 1 N–H and O–H groups in total. The molecule has 5 nitrogen and oxygen atoms in total. The van der Waals surface area contributed by atoms with Gasteiger partial charge in [-0.25, -0.2) is 0 Å². The molecule has 0 unspecified atom stereocenters. The number of amides is 1. The molecule has 8 heteroatoms. The van der Waals surface area contributed by atoms with Gasteiger partial charge in [-0.05, 0) is 12.1 Å². The van der Waals surface area contributed by atoms with E-state index in [0.717, 1.165) is 18.2 Å². The zero-order valence-electron chi connectivity index (χ0n) is 8.82. The average molecular weight is 260 g/mol. The molecule has 0 aliphatic heterocycles. The number of alkyl halides is 3. The summed E-state index contributed by atoms with van der Waals surface area (Å²) in [5.41, 5.74) is -2.55. The number of halogens is 3. The second-order valence-electron chi connectivity index (χ2n) is 3.18. The van der Waals surface area contributed by atoms with Gasteiger partial charge < -0.3 is 5.32 Å². The second-order valence-corrected chi connectivity index (χ2v) is 3.18. The SMILES string of the molecule is C=CC(=O)Nc1ccc([N+](=O)[O-])cc1C(F)(F)F. The maximum Gasteiger partial charge on any atom is 0.418 e. The Morgan fingerprint density at radius 3 is 2.50 bits per heavy atom. The van der Waals surface area contributed by atoms with Crippen LogP contribution in [0.15, 0.2) is 30.9 Å². The van der Waals surface area contributed by atoms with Crippen LogP contribution in [0.4, 0.5) is 24.5 Å². The van der Waals surface area contributed by atoms with Crippen molar-refractivity contribution >= 4 is 17.3 Å². The first-order chi connectivity index (χ1) is 8.25. The third kappa shape index (κ3) is 3.06. The van der Waals surface area contributed by atoms with Crippen LogP contribution >= 0.6 is 0 Å². The number of carbonyl (C=O) groups excluding carboxylic acids is 1. The minimum atomic E-state index is -4.81. The Labute approximate surface area is 99.1 Å². The highest BCUT2D eigenvalue weighted by molar-refractivity contribution is 5.99. The van der Waals surface area contributed by atoms with E-state index in [1.165, 1.54) is 0 Å². The van der Waals surface area contributed by atoms with Gasteiger partial charge in [0.05, 0.1) is 16.2 Å². The van der Waals surface area contributed by atoms with Crippen LogP contribution in [0, 0.1) is 10.1 Å². The molecule has 0 aliphatic carbocycles. The van der Waals surface area contributed by atoms with Crippen molar-refractivity contribution in [3.05, 3.63) is 46.5 Å². The Kier molecular flexibility index (Phi) is 3.70. The first kappa shape index (κ1) is 13.7. The van der Waals surface area contributed by atoms with E-state index in [2.05, 4.69) is 6.58 Å². The molecule has 0 heterocycles. The van der Waals surface area contributed by atoms with Crippen LogP contribution < -0.4 is 5.32 Å². The fourth-order valence-corrected chi connectivity index (χ4v) is 1.17. The van der Waals surface area contributed by atoms with Gasteiger partial charge in [0, 0.05) is 12.1 Å². The molecular weight excluding hydrogens is 253 g/mol. The minimum Gasteiger partial charge on any atom is -0.322 e. The number of carbonyl (C=O) groups is 1. The summed E-state index contributed by atoms with van der Waals surface area (Å²) in [6, 6.07) is 2.05. The first-order valence-corrected chi connectivity index (χ1v) is 4.54. The molecule has 0 aromatic heterocycles. The summed E-state index contributed by atoms with van der Waals surface area (Å²) in [7, 11) is 0. The Morgan fingerprint density at radius 2 is 2.06 bits per heavy atom. The van der Waals surface area contributed by atoms with E-state index >= 15 is 0 Å². The van der Waals surface area contributed by atoms with Crippen LogP contribution in [0.3, 0.4) is 0 Å². The average Bonchev–Trinajstić information content (AvgIpc) is 2.27. The summed E-state index contributed by atoms with van der Waals surface area (Å²) in [5.74, 6) is -0.839. The van der Waals surface area contributed by atoms with E-state index in [9.17, 15) is 28.1 Å². The fourth-order valence-electron chi connectivity index (χ4n) is 1.17. The van der Waals surface area contributed by atoms with Gasteiger partial charge in [0.2, 0.25) is 5.91 Å². The molecule has 1 rings (SSSR count). The van der Waals surface area contributed by atoms with Crippen molar-refractivity contribution in [1.82, 2.24) is 0 Å². The molecule has 0 aliphatic rings. The predicted molar refractivity (Wildman–Crippen MR) is 56.9 cm³/mol. The molecular formula is C10H7F3N2O3. The van der Waals surface area contributed by atoms with Crippen LogP contribution in [0.5, 0.6) is 0 Å². The molecule has 0 saturated carbocycles. The molecule has 0 radical (unpaired) electrons. The largest absolute Gasteiger partial charge is 0.418 e. The van der Waals surface area contributed by atoms with E-state index in [0.29, 0.717) is 6.07 Å². The third-order valence-electron chi connectivity index (χ3n) is 1.96. The van der Waals surface area contributed by atoms with Crippen LogP contribution in [0.2, 0.25) is 0 Å². The summed E-state index contributed by atoms with van der Waals surface area (Å²) in [6.07, 6.45) is -4.02. The number of hydrogen-bond donors (Lipinski definition) is 1. The summed E-state index contributed by atoms with van der Waals surface area (Å²) < 4.78 is 37.9. The summed E-state index contributed by atoms with van der Waals surface area (Å²) in [5, 5.41) is 12.3. The highest BCUT2D eigenvalue weighted by Crippen LogP contribution is 2.37. The zero-order chi connectivity index (χ0) is 13.9. The fraction of sp³-hybridized carbons (Fsp3) is 0.100. The molecule has 1 amide bonds. The summed E-state index contributed by atoms with van der Waals surface area (Å²) in [4.78, 5) is 20.4. The van der Waals surface area contributed by atoms with Crippen molar-refractivity contribution in [2.75, 3.05) is 5.32 Å². The molecule has 18 heavy (non-hydrogen) atoms. The number of nitrogens with one attached hydrogen (secondary N) is 1. The van der Waals surface area contributed by atoms with Crippen molar-refractivity contribution in [2.45, 2.75) is 6.18 Å². The van der Waals surface area contributed by atoms with Crippen LogP contribution in [-0.2, 0) is 11.0 Å². The number of nitro groups is 1. The second kappa shape index (κ2) is 4.86. The number of rotatable bonds is 3. The van der Waals surface area contributed by atoms with Crippen LogP contribution in [0.25, 0.3) is 0 Å². The van der Waals surface area contributed by atoms with Gasteiger partial charge in [0.15, 0.2) is 0 Å². The van der Waals surface area contributed by atoms with E-state index in [4.69, 9.17) is 0 Å². The number of non-ortho nitro benzene ring substituents is 1. The lowest BCUT2D eigenvalue weighted by molar-refractivity contribution is -0.385. The molecule has 0 saturated heterocycles. The molecule has 0 atom stereocenters. The van der Waals surface area contributed by atoms with Gasteiger partial charge in [-0.2, -0.15) is 13.2 Å². The lowest BCUT2D eigenvalue weighted by atomic mass is 10.1. The Morgan fingerprint density at radius 1 is 1.44 bits per heavy atom. The molecule has 1 aromatic rings. The zero-order valence-corrected chi connectivity index (χ0v) is 8.82. The highest BCUT2D eigenvalue weighted by Gasteiger charge is 2.35. The number of benzene rings is 1. The standard InChI is InChI=1S/C10H7F3N2O3/c1-2-9(16)14-8-4-3-6(15(17)18)5-7(8)10(11,12)13/h2-5H,1H2,(H,14,16). The van der Waals surface area contributed by atoms with E-state index < -0.39 is 33.9 Å². The molecule has 96 valence electrons. The number of anilines is 1. The highest BCUT2D eigenvalue weighted by atomic mass is 19.4. The lowest BCUT2D eigenvalue weighted by Crippen LogP contribution is -2.14. The van der Waals surface area contributed by atoms with E-state index in [-0.39, 0.29) is 0 Å². The van der Waals surface area contributed by atoms with Gasteiger partial charge in [-0.15, -0.1) is 0 Å². The first-order valence-electron chi connectivity index (χ1n) is 4.54. The Bertz CT molecular complexity index is 512. The lowest BCUT2D eigenvalue weighted by Gasteiger charge is -2.12. The predicted octanol–water partition coefficient (Wildman–Crippen LogP) is 2.74. The monoisotopic (exact) mass is 260 g/mol. The minimum absolute atomic E-state index is 0.360. The number of nitrogens with zero attached hydrogens (tertiary/aromatic N) is 1. The number of hydrogen-bond acceptors (Lipinski definition) is 3. The van der Waals surface area contributed by atoms with E-state index in [1.54, 1.807) is 0 Å². The number of nitro benzene ring substituents is 1. The Balaban J connectivity index is 3.30. The smallest absolute Gasteiger partial charge is 0.322 e. The quantitative estimate of drug-likeness (QED) is 0.516. The maximum atomic E-state index is 12.6. The summed E-state index contributed by atoms with van der Waals surface area (Å²) in [6.45, 7) is 3.09. The topological polar surface area (TPSA) is 72.2 Å². The van der Waals surface area contributed by atoms with Gasteiger partial charge in [0.1, 0.15) is 0 Å². The van der Waals surface area contributed by atoms with Gasteiger partial charge in [-0.1, -0.05) is 6.58 Å². The molecule has 0 fully saturated rings. The summed E-state index contributed by atoms with van der Waals surface area (Å²) >= 11 is 0. The van der Waals surface area contributed by atoms with Crippen molar-refractivity contribution < 1.29 is 22.9 Å². The Hall–Kier alpha value is -2.38. The van der Waals surface area contributed by atoms with Crippen molar-refractivity contribution in [3.63, 3.8) is 0 Å². The maximum absolute atomic E-state index is 12.6. The van der Waals surface area contributed by atoms with Crippen molar-refractivity contribution in [1.29, 1.82) is 0 Å². The normalized spacial score (nSPS) is 10.8.